The van der Waals surface area contributed by atoms with Crippen LogP contribution in [0.3, 0.4) is 0 Å². The molecule has 8 nitrogen and oxygen atoms in total. The molecule has 140 valence electrons. The zero-order chi connectivity index (χ0) is 18.1. The standard InChI is InChI=1S/C19H23N7O/c1-2-4-14(5-3-1)12-20-18-19(22-17-16(21-18)23-27-24-17)26-10-8-25(9-11-26)13-15-6-7-15/h1-5,15H,6-13H2,(H,20,21,23). The van der Waals surface area contributed by atoms with E-state index in [1.54, 1.807) is 0 Å². The van der Waals surface area contributed by atoms with Gasteiger partial charge in [-0.05, 0) is 34.6 Å². The van der Waals surface area contributed by atoms with Gasteiger partial charge in [0.05, 0.1) is 0 Å². The van der Waals surface area contributed by atoms with E-state index in [0.717, 1.165) is 43.7 Å². The van der Waals surface area contributed by atoms with Crippen LogP contribution in [0, 0.1) is 5.92 Å². The minimum atomic E-state index is 0.432. The van der Waals surface area contributed by atoms with E-state index in [1.807, 2.05) is 18.2 Å². The van der Waals surface area contributed by atoms with Crippen LogP contribution in [0.5, 0.6) is 0 Å². The van der Waals surface area contributed by atoms with Crippen LogP contribution < -0.4 is 10.2 Å². The molecule has 1 aliphatic carbocycles. The molecule has 0 atom stereocenters. The van der Waals surface area contributed by atoms with Crippen molar-refractivity contribution < 1.29 is 4.63 Å². The van der Waals surface area contributed by atoms with E-state index in [2.05, 4.69) is 47.5 Å². The molecule has 1 aromatic carbocycles. The largest absolute Gasteiger partial charge is 0.363 e. The summed E-state index contributed by atoms with van der Waals surface area (Å²) in [4.78, 5) is 14.1. The summed E-state index contributed by atoms with van der Waals surface area (Å²) < 4.78 is 4.81. The van der Waals surface area contributed by atoms with Crippen molar-refractivity contribution in [3.63, 3.8) is 0 Å². The van der Waals surface area contributed by atoms with E-state index in [0.29, 0.717) is 17.8 Å². The Hall–Kier alpha value is -2.74. The lowest BCUT2D eigenvalue weighted by molar-refractivity contribution is 0.247. The molecular weight excluding hydrogens is 342 g/mol. The van der Waals surface area contributed by atoms with Crippen molar-refractivity contribution in [3.8, 4) is 0 Å². The Bertz CT molecular complexity index is 901. The van der Waals surface area contributed by atoms with Crippen molar-refractivity contribution in [1.82, 2.24) is 25.2 Å². The minimum Gasteiger partial charge on any atom is -0.363 e. The van der Waals surface area contributed by atoms with Crippen molar-refractivity contribution in [2.24, 2.45) is 5.92 Å². The second-order valence-corrected chi connectivity index (χ2v) is 7.38. The highest BCUT2D eigenvalue weighted by atomic mass is 16.6. The van der Waals surface area contributed by atoms with Crippen molar-refractivity contribution in [2.75, 3.05) is 42.9 Å². The first-order valence-corrected chi connectivity index (χ1v) is 9.60. The lowest BCUT2D eigenvalue weighted by atomic mass is 10.2. The van der Waals surface area contributed by atoms with Gasteiger partial charge in [-0.3, -0.25) is 4.90 Å². The summed E-state index contributed by atoms with van der Waals surface area (Å²) >= 11 is 0. The Kier molecular flexibility index (Phi) is 4.33. The molecule has 2 aliphatic rings. The van der Waals surface area contributed by atoms with Crippen molar-refractivity contribution in [1.29, 1.82) is 0 Å². The zero-order valence-electron chi connectivity index (χ0n) is 15.2. The molecule has 1 N–H and O–H groups in total. The normalized spacial score (nSPS) is 18.1. The average molecular weight is 365 g/mol. The molecule has 0 spiro atoms. The Morgan fingerprint density at radius 2 is 1.70 bits per heavy atom. The lowest BCUT2D eigenvalue weighted by Crippen LogP contribution is -2.47. The summed E-state index contributed by atoms with van der Waals surface area (Å²) in [7, 11) is 0. The SMILES string of the molecule is c1ccc(CNc2nc3nonc3nc2N2CCN(CC3CC3)CC2)cc1. The van der Waals surface area contributed by atoms with Crippen molar-refractivity contribution in [2.45, 2.75) is 19.4 Å². The number of hydrogen-bond acceptors (Lipinski definition) is 8. The number of aromatic nitrogens is 4. The Balaban J connectivity index is 1.35. The molecule has 3 aromatic rings. The van der Waals surface area contributed by atoms with Gasteiger partial charge < -0.3 is 10.2 Å². The van der Waals surface area contributed by atoms with Crippen LogP contribution in [-0.2, 0) is 6.54 Å². The molecule has 2 fully saturated rings. The fourth-order valence-electron chi connectivity index (χ4n) is 3.56. The van der Waals surface area contributed by atoms with E-state index < -0.39 is 0 Å². The molecule has 3 heterocycles. The number of nitrogens with zero attached hydrogens (tertiary/aromatic N) is 6. The van der Waals surface area contributed by atoms with Crippen molar-refractivity contribution in [3.05, 3.63) is 35.9 Å². The summed E-state index contributed by atoms with van der Waals surface area (Å²) in [6, 6.07) is 10.3. The highest BCUT2D eigenvalue weighted by Crippen LogP contribution is 2.31. The maximum atomic E-state index is 4.81. The Morgan fingerprint density at radius 1 is 0.963 bits per heavy atom. The molecular formula is C19H23N7O. The van der Waals surface area contributed by atoms with Gasteiger partial charge in [0.2, 0.25) is 11.3 Å². The average Bonchev–Trinajstić information content (AvgIpc) is 3.41. The summed E-state index contributed by atoms with van der Waals surface area (Å²) in [5.74, 6) is 2.50. The molecule has 1 saturated carbocycles. The molecule has 0 amide bonds. The molecule has 0 bridgehead atoms. The first-order valence-electron chi connectivity index (χ1n) is 9.60. The van der Waals surface area contributed by atoms with Gasteiger partial charge in [-0.15, -0.1) is 0 Å². The van der Waals surface area contributed by atoms with Crippen LogP contribution in [0.2, 0.25) is 0 Å². The lowest BCUT2D eigenvalue weighted by Gasteiger charge is -2.35. The number of anilines is 2. The van der Waals surface area contributed by atoms with E-state index >= 15 is 0 Å². The predicted molar refractivity (Wildman–Crippen MR) is 103 cm³/mol. The molecule has 0 radical (unpaired) electrons. The third-order valence-corrected chi connectivity index (χ3v) is 5.28. The third kappa shape index (κ3) is 3.71. The summed E-state index contributed by atoms with van der Waals surface area (Å²) in [5, 5.41) is 11.1. The second-order valence-electron chi connectivity index (χ2n) is 7.38. The number of rotatable bonds is 6. The first-order chi connectivity index (χ1) is 13.3. The highest BCUT2D eigenvalue weighted by Gasteiger charge is 2.28. The van der Waals surface area contributed by atoms with E-state index in [4.69, 9.17) is 4.63 Å². The number of hydrogen-bond donors (Lipinski definition) is 1. The van der Waals surface area contributed by atoms with Crippen LogP contribution in [0.4, 0.5) is 11.6 Å². The minimum absolute atomic E-state index is 0.432. The fraction of sp³-hybridized carbons (Fsp3) is 0.474. The van der Waals surface area contributed by atoms with E-state index in [1.165, 1.54) is 24.9 Å². The molecule has 1 aliphatic heterocycles. The van der Waals surface area contributed by atoms with Crippen LogP contribution in [-0.4, -0.2) is 57.9 Å². The molecule has 1 saturated heterocycles. The van der Waals surface area contributed by atoms with Gasteiger partial charge in [-0.25, -0.2) is 14.6 Å². The molecule has 8 heteroatoms. The number of nitrogens with one attached hydrogen (secondary N) is 1. The summed E-state index contributed by atoms with van der Waals surface area (Å²) in [6.45, 7) is 5.93. The third-order valence-electron chi connectivity index (χ3n) is 5.28. The van der Waals surface area contributed by atoms with Gasteiger partial charge >= 0.3 is 0 Å². The Labute approximate surface area is 157 Å². The van der Waals surface area contributed by atoms with Gasteiger partial charge in [0.1, 0.15) is 0 Å². The first kappa shape index (κ1) is 16.4. The van der Waals surface area contributed by atoms with Gasteiger partial charge in [-0.2, -0.15) is 0 Å². The molecule has 5 rings (SSSR count). The maximum absolute atomic E-state index is 4.81. The summed E-state index contributed by atoms with van der Waals surface area (Å²) in [5.41, 5.74) is 2.08. The van der Waals surface area contributed by atoms with E-state index in [9.17, 15) is 0 Å². The summed E-state index contributed by atoms with van der Waals surface area (Å²) in [6.07, 6.45) is 2.80. The van der Waals surface area contributed by atoms with Crippen LogP contribution in [0.15, 0.2) is 35.0 Å². The smallest absolute Gasteiger partial charge is 0.245 e. The number of benzene rings is 1. The molecule has 0 unspecified atom stereocenters. The number of piperazine rings is 1. The molecule has 2 aromatic heterocycles. The van der Waals surface area contributed by atoms with E-state index in [-0.39, 0.29) is 0 Å². The Morgan fingerprint density at radius 3 is 2.44 bits per heavy atom. The van der Waals surface area contributed by atoms with Gasteiger partial charge in [-0.1, -0.05) is 30.3 Å². The quantitative estimate of drug-likeness (QED) is 0.711. The zero-order valence-corrected chi connectivity index (χ0v) is 15.2. The van der Waals surface area contributed by atoms with Crippen LogP contribution in [0.1, 0.15) is 18.4 Å². The maximum Gasteiger partial charge on any atom is 0.245 e. The predicted octanol–water partition coefficient (Wildman–Crippen LogP) is 2.16. The van der Waals surface area contributed by atoms with Crippen molar-refractivity contribution >= 4 is 22.9 Å². The second kappa shape index (κ2) is 7.11. The monoisotopic (exact) mass is 365 g/mol. The fourth-order valence-corrected chi connectivity index (χ4v) is 3.56. The number of fused-ring (bicyclic) bond motifs is 1. The topological polar surface area (TPSA) is 83.2 Å². The van der Waals surface area contributed by atoms with Crippen LogP contribution >= 0.6 is 0 Å². The van der Waals surface area contributed by atoms with Gasteiger partial charge in [0.15, 0.2) is 11.6 Å². The molecule has 27 heavy (non-hydrogen) atoms. The van der Waals surface area contributed by atoms with Crippen LogP contribution in [0.25, 0.3) is 11.3 Å². The van der Waals surface area contributed by atoms with Gasteiger partial charge in [0, 0.05) is 39.3 Å². The highest BCUT2D eigenvalue weighted by molar-refractivity contribution is 5.74. The van der Waals surface area contributed by atoms with Gasteiger partial charge in [0.25, 0.3) is 0 Å².